The van der Waals surface area contributed by atoms with Gasteiger partial charge in [0.25, 0.3) is 0 Å². The normalized spacial score (nSPS) is 14.3. The summed E-state index contributed by atoms with van der Waals surface area (Å²) in [5.41, 5.74) is 1.91. The van der Waals surface area contributed by atoms with Crippen LogP contribution in [0.4, 0.5) is 5.69 Å². The Kier molecular flexibility index (Phi) is 8.28. The molecule has 2 N–H and O–H groups in total. The minimum atomic E-state index is -3.32. The summed E-state index contributed by atoms with van der Waals surface area (Å²) in [6.07, 6.45) is 0.778. The highest BCUT2D eigenvalue weighted by molar-refractivity contribution is 14.0. The molecule has 0 spiro atoms. The number of sulfonamides is 1. The Morgan fingerprint density at radius 1 is 1.29 bits per heavy atom. The Morgan fingerprint density at radius 2 is 2.00 bits per heavy atom. The topological polar surface area (TPSA) is 73.8 Å². The molecular formula is C16H27IN4O2S. The Bertz CT molecular complexity index is 662. The second kappa shape index (κ2) is 9.45. The van der Waals surface area contributed by atoms with Crippen molar-refractivity contribution in [3.63, 3.8) is 0 Å². The predicted octanol–water partition coefficient (Wildman–Crippen LogP) is 1.82. The van der Waals surface area contributed by atoms with Crippen molar-refractivity contribution in [1.29, 1.82) is 0 Å². The fourth-order valence-corrected chi connectivity index (χ4v) is 3.95. The Morgan fingerprint density at radius 3 is 2.67 bits per heavy atom. The van der Waals surface area contributed by atoms with E-state index in [2.05, 4.69) is 29.5 Å². The maximum atomic E-state index is 12.6. The molecule has 1 aromatic carbocycles. The lowest BCUT2D eigenvalue weighted by atomic mass is 10.2. The highest BCUT2D eigenvalue weighted by Gasteiger charge is 2.28. The first-order valence-electron chi connectivity index (χ1n) is 7.97. The number of benzene rings is 1. The zero-order valence-corrected chi connectivity index (χ0v) is 17.6. The van der Waals surface area contributed by atoms with E-state index in [1.165, 1.54) is 4.31 Å². The van der Waals surface area contributed by atoms with Crippen molar-refractivity contribution >= 4 is 45.6 Å². The van der Waals surface area contributed by atoms with Crippen LogP contribution in [-0.4, -0.2) is 46.8 Å². The summed E-state index contributed by atoms with van der Waals surface area (Å²) in [5, 5.41) is 6.23. The number of hydrogen-bond donors (Lipinski definition) is 2. The van der Waals surface area contributed by atoms with Crippen LogP contribution in [0.2, 0.25) is 0 Å². The molecule has 0 unspecified atom stereocenters. The number of hydrogen-bond acceptors (Lipinski definition) is 3. The minimum Gasteiger partial charge on any atom is -0.356 e. The summed E-state index contributed by atoms with van der Waals surface area (Å²) in [7, 11) is -1.64. The SMILES string of the molecule is CN=C(NCCS(=O)(=O)N1CCc2ccccc21)NCC(C)C.I. The summed E-state index contributed by atoms with van der Waals surface area (Å²) in [6, 6.07) is 7.68. The number of fused-ring (bicyclic) bond motifs is 1. The first-order valence-corrected chi connectivity index (χ1v) is 9.58. The van der Waals surface area contributed by atoms with Gasteiger partial charge in [-0.1, -0.05) is 32.0 Å². The minimum absolute atomic E-state index is 0. The molecule has 1 aliphatic rings. The first kappa shape index (κ1) is 21.0. The molecule has 0 atom stereocenters. The van der Waals surface area contributed by atoms with E-state index in [1.54, 1.807) is 7.05 Å². The lowest BCUT2D eigenvalue weighted by molar-refractivity contribution is 0.589. The van der Waals surface area contributed by atoms with Crippen molar-refractivity contribution < 1.29 is 8.42 Å². The molecule has 1 heterocycles. The van der Waals surface area contributed by atoms with Crippen molar-refractivity contribution in [2.24, 2.45) is 10.9 Å². The maximum Gasteiger partial charge on any atom is 0.236 e. The number of guanidine groups is 1. The van der Waals surface area contributed by atoms with Crippen LogP contribution in [0.15, 0.2) is 29.3 Å². The van der Waals surface area contributed by atoms with Gasteiger partial charge in [-0.15, -0.1) is 24.0 Å². The van der Waals surface area contributed by atoms with E-state index in [4.69, 9.17) is 0 Å². The van der Waals surface area contributed by atoms with Gasteiger partial charge in [-0.25, -0.2) is 8.42 Å². The highest BCUT2D eigenvalue weighted by atomic mass is 127. The standard InChI is InChI=1S/C16H26N4O2S.HI/c1-13(2)12-19-16(17-3)18-9-11-23(21,22)20-10-8-14-6-4-5-7-15(14)20;/h4-7,13H,8-12H2,1-3H3,(H2,17,18,19);1H. The van der Waals surface area contributed by atoms with Gasteiger partial charge in [0, 0.05) is 26.7 Å². The second-order valence-corrected chi connectivity index (χ2v) is 8.05. The molecule has 8 heteroatoms. The molecule has 136 valence electrons. The highest BCUT2D eigenvalue weighted by Crippen LogP contribution is 2.29. The molecule has 0 aliphatic carbocycles. The molecule has 0 saturated carbocycles. The number of nitrogens with one attached hydrogen (secondary N) is 2. The molecule has 0 bridgehead atoms. The average Bonchev–Trinajstić information content (AvgIpc) is 2.95. The number of nitrogens with zero attached hydrogens (tertiary/aromatic N) is 2. The largest absolute Gasteiger partial charge is 0.356 e. The van der Waals surface area contributed by atoms with Crippen LogP contribution in [0.3, 0.4) is 0 Å². The van der Waals surface area contributed by atoms with Crippen LogP contribution >= 0.6 is 24.0 Å². The van der Waals surface area contributed by atoms with E-state index in [-0.39, 0.29) is 29.7 Å². The molecule has 6 nitrogen and oxygen atoms in total. The maximum absolute atomic E-state index is 12.6. The number of halogens is 1. The van der Waals surface area contributed by atoms with Crippen LogP contribution in [0, 0.1) is 5.92 Å². The second-order valence-electron chi connectivity index (χ2n) is 6.04. The van der Waals surface area contributed by atoms with Gasteiger partial charge in [0.15, 0.2) is 5.96 Å². The summed E-state index contributed by atoms with van der Waals surface area (Å²) < 4.78 is 26.6. The van der Waals surface area contributed by atoms with E-state index < -0.39 is 10.0 Å². The van der Waals surface area contributed by atoms with Crippen molar-refractivity contribution in [3.8, 4) is 0 Å². The average molecular weight is 466 g/mol. The summed E-state index contributed by atoms with van der Waals surface area (Å²) in [5.74, 6) is 1.18. The molecule has 0 amide bonds. The number of anilines is 1. The third-order valence-corrected chi connectivity index (χ3v) is 5.51. The predicted molar refractivity (Wildman–Crippen MR) is 111 cm³/mol. The third kappa shape index (κ3) is 5.51. The van der Waals surface area contributed by atoms with Gasteiger partial charge < -0.3 is 10.6 Å². The van der Waals surface area contributed by atoms with Crippen molar-refractivity contribution in [2.75, 3.05) is 36.7 Å². The van der Waals surface area contributed by atoms with Crippen molar-refractivity contribution in [3.05, 3.63) is 29.8 Å². The van der Waals surface area contributed by atoms with Gasteiger partial charge in [-0.2, -0.15) is 0 Å². The summed E-state index contributed by atoms with van der Waals surface area (Å²) in [4.78, 5) is 4.10. The zero-order chi connectivity index (χ0) is 16.9. The van der Waals surface area contributed by atoms with Gasteiger partial charge in [-0.05, 0) is 24.0 Å². The molecule has 0 fully saturated rings. The third-order valence-electron chi connectivity index (χ3n) is 3.73. The molecule has 1 aliphatic heterocycles. The van der Waals surface area contributed by atoms with E-state index in [0.717, 1.165) is 24.2 Å². The van der Waals surface area contributed by atoms with E-state index in [1.807, 2.05) is 24.3 Å². The molecular weight excluding hydrogens is 439 g/mol. The number of rotatable bonds is 6. The fourth-order valence-electron chi connectivity index (χ4n) is 2.53. The van der Waals surface area contributed by atoms with Gasteiger partial charge >= 0.3 is 0 Å². The van der Waals surface area contributed by atoms with Gasteiger partial charge in [0.1, 0.15) is 0 Å². The van der Waals surface area contributed by atoms with Crippen LogP contribution in [-0.2, 0) is 16.4 Å². The number of aliphatic imine (C=N–C) groups is 1. The quantitative estimate of drug-likeness (QED) is 0.381. The fraction of sp³-hybridized carbons (Fsp3) is 0.562. The van der Waals surface area contributed by atoms with Crippen LogP contribution in [0.1, 0.15) is 19.4 Å². The van der Waals surface area contributed by atoms with Crippen LogP contribution in [0.5, 0.6) is 0 Å². The molecule has 0 saturated heterocycles. The summed E-state index contributed by atoms with van der Waals surface area (Å²) in [6.45, 7) is 5.87. The Balaban J connectivity index is 0.00000288. The van der Waals surface area contributed by atoms with E-state index in [9.17, 15) is 8.42 Å². The lowest BCUT2D eigenvalue weighted by Gasteiger charge is -2.20. The molecule has 2 rings (SSSR count). The van der Waals surface area contributed by atoms with Crippen LogP contribution < -0.4 is 14.9 Å². The lowest BCUT2D eigenvalue weighted by Crippen LogP contribution is -2.42. The first-order chi connectivity index (χ1) is 10.9. The van der Waals surface area contributed by atoms with Gasteiger partial charge in [0.2, 0.25) is 10.0 Å². The molecule has 0 aromatic heterocycles. The van der Waals surface area contributed by atoms with Crippen molar-refractivity contribution in [2.45, 2.75) is 20.3 Å². The van der Waals surface area contributed by atoms with E-state index in [0.29, 0.717) is 25.0 Å². The molecule has 0 radical (unpaired) electrons. The molecule has 1 aromatic rings. The van der Waals surface area contributed by atoms with Crippen molar-refractivity contribution in [1.82, 2.24) is 10.6 Å². The smallest absolute Gasteiger partial charge is 0.236 e. The van der Waals surface area contributed by atoms with Gasteiger partial charge in [0.05, 0.1) is 11.4 Å². The monoisotopic (exact) mass is 466 g/mol. The van der Waals surface area contributed by atoms with Crippen LogP contribution in [0.25, 0.3) is 0 Å². The Hall–Kier alpha value is -1.03. The summed E-state index contributed by atoms with van der Waals surface area (Å²) >= 11 is 0. The zero-order valence-electron chi connectivity index (χ0n) is 14.4. The van der Waals surface area contributed by atoms with E-state index >= 15 is 0 Å². The Labute approximate surface area is 162 Å². The van der Waals surface area contributed by atoms with Gasteiger partial charge in [-0.3, -0.25) is 9.30 Å². The molecule has 24 heavy (non-hydrogen) atoms. The number of para-hydroxylation sites is 1.